The number of sulfonamides is 1. The summed E-state index contributed by atoms with van der Waals surface area (Å²) in [4.78, 5) is 64.5. The molecule has 0 radical (unpaired) electrons. The van der Waals surface area contributed by atoms with Gasteiger partial charge in [-0.05, 0) is 78.1 Å². The lowest BCUT2D eigenvalue weighted by atomic mass is 10.1. The molecule has 1 aliphatic heterocycles. The van der Waals surface area contributed by atoms with Gasteiger partial charge in [0.2, 0.25) is 5.91 Å². The Labute approximate surface area is 396 Å². The molecule has 4 atom stereocenters. The van der Waals surface area contributed by atoms with E-state index in [1.807, 2.05) is 25.3 Å². The molecule has 1 aliphatic carbocycles. The summed E-state index contributed by atoms with van der Waals surface area (Å²) >= 11 is 1.45. The molecule has 362 valence electrons. The van der Waals surface area contributed by atoms with Crippen LogP contribution in [0.2, 0.25) is 0 Å². The largest absolute Gasteiger partial charge is 0.497 e. The highest BCUT2D eigenvalue weighted by molar-refractivity contribution is 7.90. The van der Waals surface area contributed by atoms with Crippen LogP contribution in [0.3, 0.4) is 0 Å². The molecule has 4 aromatic rings. The summed E-state index contributed by atoms with van der Waals surface area (Å²) in [6.45, 7) is 13.5. The van der Waals surface area contributed by atoms with Crippen molar-refractivity contribution < 1.29 is 46.5 Å². The van der Waals surface area contributed by atoms with Crippen molar-refractivity contribution in [2.75, 3.05) is 37.9 Å². The fraction of sp³-hybridized carbons (Fsp3) is 0.500. The minimum atomic E-state index is -4.44. The molecule has 3 heterocycles. The van der Waals surface area contributed by atoms with Gasteiger partial charge in [-0.1, -0.05) is 43.9 Å². The van der Waals surface area contributed by atoms with Gasteiger partial charge in [0.25, 0.3) is 15.9 Å². The molecule has 2 fully saturated rings. The molecule has 3 amide bonds. The normalized spacial score (nSPS) is 19.1. The highest BCUT2D eigenvalue weighted by atomic mass is 32.2. The van der Waals surface area contributed by atoms with Crippen molar-refractivity contribution in [2.45, 2.75) is 127 Å². The Kier molecular flexibility index (Phi) is 16.4. The molecule has 1 saturated carbocycles. The Hall–Kier alpha value is -5.95. The van der Waals surface area contributed by atoms with Gasteiger partial charge in [0.1, 0.15) is 45.4 Å². The molecular weight excluding hydrogens is 899 g/mol. The number of unbranched alkanes of at least 4 members (excludes halogenated alkanes) is 5. The number of nitrogens with one attached hydrogen (secondary N) is 4. The minimum Gasteiger partial charge on any atom is -0.497 e. The van der Waals surface area contributed by atoms with Gasteiger partial charge < -0.3 is 34.9 Å². The molecule has 2 aromatic carbocycles. The molecule has 17 nitrogen and oxygen atoms in total. The molecule has 6 rings (SSSR count). The fourth-order valence-electron chi connectivity index (χ4n) is 7.95. The highest BCUT2D eigenvalue weighted by Crippen LogP contribution is 2.45. The fourth-order valence-corrected chi connectivity index (χ4v) is 10.0. The number of para-hydroxylation sites is 1. The van der Waals surface area contributed by atoms with Crippen molar-refractivity contribution in [3.63, 3.8) is 0 Å². The van der Waals surface area contributed by atoms with E-state index in [-0.39, 0.29) is 36.3 Å². The lowest BCUT2D eigenvalue weighted by Crippen LogP contribution is -2.56. The SMILES string of the molecule is C=C[C@@H]1C[C@]1(NC(=O)[C@@H]1C[C@@H](Oc2cc(-c3csc(NC(C)C)n3)nc3cc(OC)ccc23)CN1C(=O)OC(C)(C)C)C(=O)NS(=O)(=O)c1ccccc1NCCCCCCCCC(=O)OC. The van der Waals surface area contributed by atoms with E-state index in [2.05, 4.69) is 32.0 Å². The van der Waals surface area contributed by atoms with E-state index in [4.69, 9.17) is 24.2 Å². The number of carbonyl (C=O) groups is 4. The first-order valence-corrected chi connectivity index (χ1v) is 25.0. The lowest BCUT2D eigenvalue weighted by molar-refractivity contribution is -0.140. The molecule has 2 aromatic heterocycles. The van der Waals surface area contributed by atoms with Crippen molar-refractivity contribution in [1.82, 2.24) is 24.9 Å². The maximum Gasteiger partial charge on any atom is 0.411 e. The van der Waals surface area contributed by atoms with Crippen LogP contribution in [0.25, 0.3) is 22.3 Å². The number of hydrogen-bond acceptors (Lipinski definition) is 15. The van der Waals surface area contributed by atoms with Gasteiger partial charge in [-0.15, -0.1) is 17.9 Å². The quantitative estimate of drug-likeness (QED) is 0.0336. The van der Waals surface area contributed by atoms with Crippen molar-refractivity contribution in [3.8, 4) is 22.9 Å². The third kappa shape index (κ3) is 12.9. The Morgan fingerprint density at radius 3 is 2.40 bits per heavy atom. The molecular formula is C48H63N7O10S2. The van der Waals surface area contributed by atoms with Crippen LogP contribution in [0, 0.1) is 5.92 Å². The first kappa shape index (κ1) is 50.5. The van der Waals surface area contributed by atoms with Crippen LogP contribution in [-0.2, 0) is 33.9 Å². The van der Waals surface area contributed by atoms with Crippen LogP contribution in [0.1, 0.15) is 92.4 Å². The van der Waals surface area contributed by atoms with Crippen molar-refractivity contribution in [1.29, 1.82) is 0 Å². The lowest BCUT2D eigenvalue weighted by Gasteiger charge is -2.29. The number of carbonyl (C=O) groups excluding carboxylic acids is 4. The summed E-state index contributed by atoms with van der Waals surface area (Å²) < 4.78 is 52.7. The van der Waals surface area contributed by atoms with Crippen molar-refractivity contribution >= 4 is 67.0 Å². The summed E-state index contributed by atoms with van der Waals surface area (Å²) in [5.41, 5.74) is -0.481. The summed E-state index contributed by atoms with van der Waals surface area (Å²) in [5, 5.41) is 12.6. The number of ether oxygens (including phenoxy) is 4. The first-order chi connectivity index (χ1) is 31.9. The van der Waals surface area contributed by atoms with Gasteiger partial charge in [-0.25, -0.2) is 27.9 Å². The number of fused-ring (bicyclic) bond motifs is 1. The predicted octanol–water partition coefficient (Wildman–Crippen LogP) is 7.83. The number of pyridine rings is 1. The van der Waals surface area contributed by atoms with Crippen LogP contribution in [-0.4, -0.2) is 104 Å². The monoisotopic (exact) mass is 961 g/mol. The van der Waals surface area contributed by atoms with E-state index >= 15 is 0 Å². The van der Waals surface area contributed by atoms with E-state index in [0.717, 1.165) is 43.7 Å². The van der Waals surface area contributed by atoms with Gasteiger partial charge in [-0.3, -0.25) is 19.3 Å². The molecule has 0 unspecified atom stereocenters. The van der Waals surface area contributed by atoms with Gasteiger partial charge >= 0.3 is 12.1 Å². The van der Waals surface area contributed by atoms with Crippen LogP contribution in [0.5, 0.6) is 11.5 Å². The smallest absolute Gasteiger partial charge is 0.411 e. The number of amides is 3. The highest BCUT2D eigenvalue weighted by Gasteiger charge is 2.61. The number of likely N-dealkylation sites (tertiary alicyclic amines) is 1. The zero-order valence-electron chi connectivity index (χ0n) is 39.3. The number of nitrogens with zero attached hydrogens (tertiary/aromatic N) is 3. The number of thiazole rings is 1. The maximum absolute atomic E-state index is 14.5. The second-order valence-corrected chi connectivity index (χ2v) is 20.7. The third-order valence-electron chi connectivity index (χ3n) is 11.4. The Balaban J connectivity index is 1.17. The number of rotatable bonds is 22. The number of methoxy groups -OCH3 is 2. The average Bonchev–Trinajstić information content (AvgIpc) is 3.54. The molecule has 19 heteroatoms. The Morgan fingerprint density at radius 1 is 0.985 bits per heavy atom. The molecule has 0 bridgehead atoms. The van der Waals surface area contributed by atoms with Gasteiger partial charge in [0.05, 0.1) is 37.7 Å². The Morgan fingerprint density at radius 2 is 1.72 bits per heavy atom. The van der Waals surface area contributed by atoms with E-state index in [9.17, 15) is 27.6 Å². The van der Waals surface area contributed by atoms with E-state index < -0.39 is 57.1 Å². The molecule has 1 saturated heterocycles. The first-order valence-electron chi connectivity index (χ1n) is 22.7. The number of aromatic nitrogens is 2. The van der Waals surface area contributed by atoms with Crippen LogP contribution < -0.4 is 30.1 Å². The zero-order chi connectivity index (χ0) is 48.5. The van der Waals surface area contributed by atoms with E-state index in [0.29, 0.717) is 52.4 Å². The third-order valence-corrected chi connectivity index (χ3v) is 13.6. The minimum absolute atomic E-state index is 0.0166. The average molecular weight is 962 g/mol. The molecule has 4 N–H and O–H groups in total. The molecule has 0 spiro atoms. The van der Waals surface area contributed by atoms with Crippen molar-refractivity contribution in [2.24, 2.45) is 5.92 Å². The van der Waals surface area contributed by atoms with Gasteiger partial charge in [0.15, 0.2) is 5.13 Å². The second kappa shape index (κ2) is 21.8. The van der Waals surface area contributed by atoms with Gasteiger partial charge in [-0.2, -0.15) is 0 Å². The van der Waals surface area contributed by atoms with Crippen molar-refractivity contribution in [3.05, 3.63) is 66.6 Å². The van der Waals surface area contributed by atoms with Crippen LogP contribution >= 0.6 is 11.3 Å². The summed E-state index contributed by atoms with van der Waals surface area (Å²) in [5.74, 6) is -1.38. The number of esters is 1. The predicted molar refractivity (Wildman–Crippen MR) is 258 cm³/mol. The van der Waals surface area contributed by atoms with E-state index in [1.54, 1.807) is 64.3 Å². The second-order valence-electron chi connectivity index (χ2n) is 18.2. The van der Waals surface area contributed by atoms with Gasteiger partial charge in [0, 0.05) is 54.2 Å². The van der Waals surface area contributed by atoms with E-state index in [1.165, 1.54) is 35.5 Å². The summed E-state index contributed by atoms with van der Waals surface area (Å²) in [6, 6.07) is 12.5. The number of anilines is 2. The molecule has 67 heavy (non-hydrogen) atoms. The maximum atomic E-state index is 14.5. The standard InChI is InChI=1S/C48H63N7O10S2/c1-9-31-27-48(31,44(58)54-67(60,61)41-19-16-15-18-35(41)49-23-17-13-11-10-12-14-20-42(56)63-8)53-43(57)39-25-33(28-55(39)46(59)65-47(4,5)6)64-40-26-37(38-29-66-45(52-38)50-30(2)3)51-36-24-32(62-7)21-22-34(36)40/h9,15-16,18-19,21-22,24,26,29-31,33,39,49H,1,10-14,17,20,23,25,27-28H2,2-8H3,(H,50,52)(H,53,57)(H,54,58)/t31-,33-,39+,48-/m1/s1. The van der Waals surface area contributed by atoms with Crippen LogP contribution in [0.15, 0.2) is 71.5 Å². The number of benzene rings is 2. The summed E-state index contributed by atoms with van der Waals surface area (Å²) in [6.07, 6.45) is 5.84. The summed E-state index contributed by atoms with van der Waals surface area (Å²) in [7, 11) is -1.49. The number of hydrogen-bond donors (Lipinski definition) is 4. The topological polar surface area (TPSA) is 216 Å². The Bertz CT molecular complexity index is 2540. The molecule has 2 aliphatic rings. The zero-order valence-corrected chi connectivity index (χ0v) is 40.9. The van der Waals surface area contributed by atoms with Crippen LogP contribution in [0.4, 0.5) is 15.6 Å².